The van der Waals surface area contributed by atoms with Crippen LogP contribution in [0.3, 0.4) is 0 Å². The zero-order chi connectivity index (χ0) is 16.5. The molecule has 1 N–H and O–H groups in total. The minimum Gasteiger partial charge on any atom is -0.487 e. The maximum atomic E-state index is 6.32. The molecule has 2 aromatic carbocycles. The van der Waals surface area contributed by atoms with Gasteiger partial charge in [0.15, 0.2) is 0 Å². The molecule has 140 valence electrons. The minimum absolute atomic E-state index is 0. The maximum Gasteiger partial charge on any atom is 0.138 e. The third kappa shape index (κ3) is 9.34. The van der Waals surface area contributed by atoms with Crippen LogP contribution in [0.2, 0.25) is 5.02 Å². The van der Waals surface area contributed by atoms with E-state index in [0.29, 0.717) is 11.6 Å². The smallest absolute Gasteiger partial charge is 0.138 e. The summed E-state index contributed by atoms with van der Waals surface area (Å²) in [6, 6.07) is 16.1. The lowest BCUT2D eigenvalue weighted by Gasteiger charge is -2.11. The van der Waals surface area contributed by atoms with Crippen molar-refractivity contribution < 1.29 is 4.74 Å². The highest BCUT2D eigenvalue weighted by molar-refractivity contribution is 6.32. The van der Waals surface area contributed by atoms with Gasteiger partial charge in [-0.1, -0.05) is 48.0 Å². The fourth-order valence-corrected chi connectivity index (χ4v) is 2.52. The quantitative estimate of drug-likeness (QED) is 0.606. The Bertz CT molecular complexity index is 594. The van der Waals surface area contributed by atoms with E-state index in [1.807, 2.05) is 42.5 Å². The van der Waals surface area contributed by atoms with Gasteiger partial charge < -0.3 is 15.0 Å². The third-order valence-corrected chi connectivity index (χ3v) is 3.82. The van der Waals surface area contributed by atoms with Gasteiger partial charge in [-0.2, -0.15) is 0 Å². The van der Waals surface area contributed by atoms with Crippen molar-refractivity contribution in [2.24, 2.45) is 0 Å². The van der Waals surface area contributed by atoms with Crippen molar-refractivity contribution in [1.82, 2.24) is 10.2 Å². The molecule has 0 aromatic heterocycles. The SMILES string of the molecule is CN(C)CCCNCc1ccc(OCc2ccccc2)c(Cl)c1.Cl.Cl. The van der Waals surface area contributed by atoms with Gasteiger partial charge in [-0.15, -0.1) is 24.8 Å². The first-order chi connectivity index (χ1) is 11.1. The van der Waals surface area contributed by atoms with Crippen LogP contribution < -0.4 is 10.1 Å². The molecule has 2 aromatic rings. The van der Waals surface area contributed by atoms with Crippen LogP contribution in [-0.4, -0.2) is 32.1 Å². The van der Waals surface area contributed by atoms with Gasteiger partial charge in [-0.3, -0.25) is 0 Å². The highest BCUT2D eigenvalue weighted by Crippen LogP contribution is 2.26. The Kier molecular flexibility index (Phi) is 12.7. The number of ether oxygens (including phenoxy) is 1. The van der Waals surface area contributed by atoms with Crippen LogP contribution in [0.15, 0.2) is 48.5 Å². The molecule has 25 heavy (non-hydrogen) atoms. The third-order valence-electron chi connectivity index (χ3n) is 3.52. The van der Waals surface area contributed by atoms with Crippen LogP contribution in [-0.2, 0) is 13.2 Å². The Labute approximate surface area is 168 Å². The Hall–Kier alpha value is -0.970. The lowest BCUT2D eigenvalue weighted by Crippen LogP contribution is -2.20. The normalized spacial score (nSPS) is 10.1. The lowest BCUT2D eigenvalue weighted by molar-refractivity contribution is 0.306. The molecule has 0 atom stereocenters. The van der Waals surface area contributed by atoms with Gasteiger partial charge in [0, 0.05) is 6.54 Å². The molecule has 0 aliphatic rings. The van der Waals surface area contributed by atoms with Gasteiger partial charge in [0.2, 0.25) is 0 Å². The molecule has 2 rings (SSSR count). The van der Waals surface area contributed by atoms with E-state index in [4.69, 9.17) is 16.3 Å². The number of hydrogen-bond acceptors (Lipinski definition) is 3. The Morgan fingerprint density at radius 3 is 2.36 bits per heavy atom. The zero-order valence-corrected chi connectivity index (χ0v) is 17.1. The number of halogens is 3. The molecule has 0 bridgehead atoms. The average Bonchev–Trinajstić information content (AvgIpc) is 2.54. The molecule has 0 amide bonds. The lowest BCUT2D eigenvalue weighted by atomic mass is 10.2. The second-order valence-electron chi connectivity index (χ2n) is 5.87. The number of nitrogens with one attached hydrogen (secondary N) is 1. The largest absolute Gasteiger partial charge is 0.487 e. The van der Waals surface area contributed by atoms with E-state index in [0.717, 1.165) is 37.4 Å². The van der Waals surface area contributed by atoms with Crippen molar-refractivity contribution in [3.63, 3.8) is 0 Å². The summed E-state index contributed by atoms with van der Waals surface area (Å²) in [4.78, 5) is 2.19. The van der Waals surface area contributed by atoms with Gasteiger partial charge >= 0.3 is 0 Å². The molecular weight excluding hydrogens is 379 g/mol. The van der Waals surface area contributed by atoms with E-state index in [1.54, 1.807) is 0 Å². The van der Waals surface area contributed by atoms with E-state index < -0.39 is 0 Å². The summed E-state index contributed by atoms with van der Waals surface area (Å²) >= 11 is 6.32. The fourth-order valence-electron chi connectivity index (χ4n) is 2.26. The van der Waals surface area contributed by atoms with Crippen molar-refractivity contribution in [2.75, 3.05) is 27.2 Å². The summed E-state index contributed by atoms with van der Waals surface area (Å²) in [5.74, 6) is 0.729. The van der Waals surface area contributed by atoms with Gasteiger partial charge in [-0.25, -0.2) is 0 Å². The molecule has 0 aliphatic carbocycles. The predicted octanol–water partition coefficient (Wildman–Crippen LogP) is 4.80. The predicted molar refractivity (Wildman–Crippen MR) is 112 cm³/mol. The summed E-state index contributed by atoms with van der Waals surface area (Å²) in [6.45, 7) is 3.46. The van der Waals surface area contributed by atoms with E-state index >= 15 is 0 Å². The van der Waals surface area contributed by atoms with E-state index in [1.165, 1.54) is 5.56 Å². The summed E-state index contributed by atoms with van der Waals surface area (Å²) in [6.07, 6.45) is 1.14. The molecule has 0 saturated carbocycles. The van der Waals surface area contributed by atoms with Crippen molar-refractivity contribution >= 4 is 36.4 Å². The molecule has 0 fully saturated rings. The number of nitrogens with zero attached hydrogens (tertiary/aromatic N) is 1. The van der Waals surface area contributed by atoms with Gasteiger partial charge in [0.05, 0.1) is 5.02 Å². The van der Waals surface area contributed by atoms with Gasteiger partial charge in [0.1, 0.15) is 12.4 Å². The van der Waals surface area contributed by atoms with Crippen LogP contribution in [0, 0.1) is 0 Å². The number of hydrogen-bond donors (Lipinski definition) is 1. The molecular formula is C19H27Cl3N2O. The van der Waals surface area contributed by atoms with Crippen LogP contribution in [0.1, 0.15) is 17.5 Å². The average molecular weight is 406 g/mol. The van der Waals surface area contributed by atoms with Crippen molar-refractivity contribution in [2.45, 2.75) is 19.6 Å². The molecule has 0 aliphatic heterocycles. The Morgan fingerprint density at radius 1 is 1.00 bits per heavy atom. The van der Waals surface area contributed by atoms with Crippen LogP contribution in [0.4, 0.5) is 0 Å². The number of rotatable bonds is 9. The highest BCUT2D eigenvalue weighted by atomic mass is 35.5. The van der Waals surface area contributed by atoms with E-state index in [-0.39, 0.29) is 24.8 Å². The van der Waals surface area contributed by atoms with Gasteiger partial charge in [-0.05, 0) is 56.9 Å². The summed E-state index contributed by atoms with van der Waals surface area (Å²) < 4.78 is 5.79. The molecule has 0 heterocycles. The molecule has 0 spiro atoms. The van der Waals surface area contributed by atoms with Crippen molar-refractivity contribution in [1.29, 1.82) is 0 Å². The molecule has 0 saturated heterocycles. The second kappa shape index (κ2) is 13.3. The monoisotopic (exact) mass is 404 g/mol. The van der Waals surface area contributed by atoms with Crippen molar-refractivity contribution in [3.8, 4) is 5.75 Å². The minimum atomic E-state index is 0. The second-order valence-corrected chi connectivity index (χ2v) is 6.28. The summed E-state index contributed by atoms with van der Waals surface area (Å²) in [5, 5.41) is 4.10. The van der Waals surface area contributed by atoms with Gasteiger partial charge in [0.25, 0.3) is 0 Å². The van der Waals surface area contributed by atoms with Crippen molar-refractivity contribution in [3.05, 3.63) is 64.7 Å². The fraction of sp³-hybridized carbons (Fsp3) is 0.368. The first-order valence-corrected chi connectivity index (χ1v) is 8.33. The standard InChI is InChI=1S/C19H25ClN2O.2ClH/c1-22(2)12-6-11-21-14-17-9-10-19(18(20)13-17)23-15-16-7-4-3-5-8-16;;/h3-5,7-10,13,21H,6,11-12,14-15H2,1-2H3;2*1H. The summed E-state index contributed by atoms with van der Waals surface area (Å²) in [7, 11) is 4.18. The molecule has 0 radical (unpaired) electrons. The first-order valence-electron chi connectivity index (χ1n) is 7.96. The molecule has 0 unspecified atom stereocenters. The number of benzene rings is 2. The topological polar surface area (TPSA) is 24.5 Å². The van der Waals surface area contributed by atoms with Crippen LogP contribution >= 0.6 is 36.4 Å². The van der Waals surface area contributed by atoms with E-state index in [9.17, 15) is 0 Å². The molecule has 6 heteroatoms. The molecule has 3 nitrogen and oxygen atoms in total. The highest BCUT2D eigenvalue weighted by Gasteiger charge is 2.04. The Morgan fingerprint density at radius 2 is 1.72 bits per heavy atom. The van der Waals surface area contributed by atoms with Crippen LogP contribution in [0.5, 0.6) is 5.75 Å². The Balaban J connectivity index is 0.00000288. The summed E-state index contributed by atoms with van der Waals surface area (Å²) in [5.41, 5.74) is 2.31. The maximum absolute atomic E-state index is 6.32. The van der Waals surface area contributed by atoms with Crippen LogP contribution in [0.25, 0.3) is 0 Å². The first kappa shape index (κ1) is 24.0. The zero-order valence-electron chi connectivity index (χ0n) is 14.7. The van der Waals surface area contributed by atoms with E-state index in [2.05, 4.69) is 30.4 Å².